The fourth-order valence-electron chi connectivity index (χ4n) is 5.64. The van der Waals surface area contributed by atoms with Crippen molar-refractivity contribution in [3.05, 3.63) is 64.1 Å². The second-order valence-corrected chi connectivity index (χ2v) is 11.7. The first-order chi connectivity index (χ1) is 20.3. The minimum Gasteiger partial charge on any atom is -0.377 e. The molecule has 10 nitrogen and oxygen atoms in total. The van der Waals surface area contributed by atoms with Crippen LogP contribution in [-0.4, -0.2) is 59.5 Å². The molecule has 0 spiro atoms. The van der Waals surface area contributed by atoms with Crippen LogP contribution in [0.25, 0.3) is 11.4 Å². The number of morpholine rings is 1. The summed E-state index contributed by atoms with van der Waals surface area (Å²) in [6, 6.07) is 13.1. The van der Waals surface area contributed by atoms with Crippen molar-refractivity contribution in [2.75, 3.05) is 48.0 Å². The number of ether oxygens (including phenoxy) is 1. The molecule has 1 saturated heterocycles. The number of carbonyl (C=O) groups excluding carboxylic acids is 1. The molecule has 2 aliphatic rings. The van der Waals surface area contributed by atoms with Crippen LogP contribution >= 0.6 is 0 Å². The molecule has 2 aliphatic heterocycles. The van der Waals surface area contributed by atoms with Gasteiger partial charge in [0.15, 0.2) is 5.82 Å². The number of nitrogens with zero attached hydrogens (tertiary/aromatic N) is 5. The first-order valence-corrected chi connectivity index (χ1v) is 15.1. The van der Waals surface area contributed by atoms with Crippen molar-refractivity contribution < 1.29 is 9.53 Å². The lowest BCUT2D eigenvalue weighted by molar-refractivity contribution is 0.0984. The van der Waals surface area contributed by atoms with Crippen LogP contribution in [0.1, 0.15) is 51.3 Å². The second kappa shape index (κ2) is 13.4. The number of aromatic nitrogens is 3. The average Bonchev–Trinajstić information content (AvgIpc) is 2.98. The van der Waals surface area contributed by atoms with Crippen LogP contribution in [-0.2, 0) is 24.8 Å². The highest BCUT2D eigenvalue weighted by atomic mass is 16.5. The van der Waals surface area contributed by atoms with Crippen LogP contribution in [0, 0.1) is 5.92 Å². The van der Waals surface area contributed by atoms with Crippen molar-refractivity contribution in [3.63, 3.8) is 0 Å². The third-order valence-corrected chi connectivity index (χ3v) is 8.06. The van der Waals surface area contributed by atoms with Crippen molar-refractivity contribution in [2.24, 2.45) is 13.0 Å². The van der Waals surface area contributed by atoms with Crippen molar-refractivity contribution in [2.45, 2.75) is 59.0 Å². The minimum absolute atomic E-state index is 0.0296. The third kappa shape index (κ3) is 6.92. The van der Waals surface area contributed by atoms with E-state index in [1.807, 2.05) is 43.4 Å². The summed E-state index contributed by atoms with van der Waals surface area (Å²) in [5.41, 5.74) is 3.69. The molecule has 2 amide bonds. The zero-order chi connectivity index (χ0) is 29.6. The largest absolute Gasteiger partial charge is 0.377 e. The number of fused-ring (bicyclic) bond motifs is 1. The van der Waals surface area contributed by atoms with Gasteiger partial charge in [0.25, 0.3) is 5.56 Å². The zero-order valence-electron chi connectivity index (χ0n) is 25.2. The molecule has 1 unspecified atom stereocenters. The van der Waals surface area contributed by atoms with Crippen LogP contribution in [0.2, 0.25) is 0 Å². The van der Waals surface area contributed by atoms with E-state index in [1.54, 1.807) is 10.6 Å². The van der Waals surface area contributed by atoms with Crippen LogP contribution in [0.15, 0.2) is 47.3 Å². The maximum atomic E-state index is 12.4. The summed E-state index contributed by atoms with van der Waals surface area (Å²) in [4.78, 5) is 39.4. The minimum atomic E-state index is -0.198. The molecule has 0 saturated carbocycles. The molecule has 224 valence electrons. The lowest BCUT2D eigenvalue weighted by atomic mass is 10.0. The first-order valence-electron chi connectivity index (χ1n) is 15.1. The number of rotatable bonds is 9. The summed E-state index contributed by atoms with van der Waals surface area (Å²) >= 11 is 0. The smallest absolute Gasteiger partial charge is 0.319 e. The van der Waals surface area contributed by atoms with Crippen LogP contribution in [0.4, 0.5) is 22.1 Å². The highest BCUT2D eigenvalue weighted by Gasteiger charge is 2.29. The molecular formula is C32H43N7O3. The van der Waals surface area contributed by atoms with E-state index in [-0.39, 0.29) is 17.6 Å². The fourth-order valence-corrected chi connectivity index (χ4v) is 5.64. The van der Waals surface area contributed by atoms with Crippen molar-refractivity contribution in [3.8, 4) is 11.4 Å². The van der Waals surface area contributed by atoms with Gasteiger partial charge in [0, 0.05) is 49.6 Å². The molecule has 1 atom stereocenters. The Balaban J connectivity index is 1.37. The molecule has 2 aromatic heterocycles. The number of amides is 2. The Bertz CT molecular complexity index is 1440. The van der Waals surface area contributed by atoms with Gasteiger partial charge in [0.05, 0.1) is 31.5 Å². The summed E-state index contributed by atoms with van der Waals surface area (Å²) in [5, 5.41) is 5.87. The molecule has 5 rings (SSSR count). The van der Waals surface area contributed by atoms with Gasteiger partial charge in [0.2, 0.25) is 0 Å². The predicted octanol–water partition coefficient (Wildman–Crippen LogP) is 4.58. The molecule has 2 N–H and O–H groups in total. The third-order valence-electron chi connectivity index (χ3n) is 8.06. The van der Waals surface area contributed by atoms with E-state index in [0.717, 1.165) is 66.5 Å². The molecule has 42 heavy (non-hydrogen) atoms. The highest BCUT2D eigenvalue weighted by Crippen LogP contribution is 2.33. The van der Waals surface area contributed by atoms with Crippen molar-refractivity contribution in [1.82, 2.24) is 19.9 Å². The molecule has 1 fully saturated rings. The standard InChI is InChI=1S/C32H43N7O3/c1-22(2)8-5-6-16-33-32(41)34-25-13-11-24(12-14-25)30-35-27-20-38(28-9-7-10-29(40)37(28)4)17-15-26(27)31(36-30)39-18-19-42-21-23(39)3/h7,9-14,22-23H,5-6,8,15-21H2,1-4H3,(H2,33,34,41). The van der Waals surface area contributed by atoms with Crippen LogP contribution in [0.5, 0.6) is 0 Å². The second-order valence-electron chi connectivity index (χ2n) is 11.7. The number of anilines is 3. The first kappa shape index (κ1) is 29.6. The fraction of sp³-hybridized carbons (Fsp3) is 0.500. The lowest BCUT2D eigenvalue weighted by Crippen LogP contribution is -2.45. The maximum absolute atomic E-state index is 12.4. The van der Waals surface area contributed by atoms with Gasteiger partial charge in [-0.3, -0.25) is 9.36 Å². The lowest BCUT2D eigenvalue weighted by Gasteiger charge is -2.38. The van der Waals surface area contributed by atoms with E-state index in [0.29, 0.717) is 38.0 Å². The molecule has 0 bridgehead atoms. The predicted molar refractivity (Wildman–Crippen MR) is 167 cm³/mol. The molecule has 10 heteroatoms. The van der Waals surface area contributed by atoms with Crippen LogP contribution in [0.3, 0.4) is 0 Å². The molecule has 3 aromatic rings. The van der Waals surface area contributed by atoms with Crippen molar-refractivity contribution in [1.29, 1.82) is 0 Å². The Morgan fingerprint density at radius 1 is 1.10 bits per heavy atom. The normalized spacial score (nSPS) is 16.8. The number of unbranched alkanes of at least 4 members (excludes halogenated alkanes) is 1. The van der Waals surface area contributed by atoms with Crippen LogP contribution < -0.4 is 26.0 Å². The number of hydrogen-bond donors (Lipinski definition) is 2. The summed E-state index contributed by atoms with van der Waals surface area (Å²) in [7, 11) is 1.81. The van der Waals surface area contributed by atoms with Gasteiger partial charge in [-0.25, -0.2) is 14.8 Å². The van der Waals surface area contributed by atoms with Gasteiger partial charge in [-0.1, -0.05) is 32.8 Å². The van der Waals surface area contributed by atoms with E-state index in [9.17, 15) is 9.59 Å². The van der Waals surface area contributed by atoms with E-state index < -0.39 is 0 Å². The van der Waals surface area contributed by atoms with Gasteiger partial charge in [-0.2, -0.15) is 0 Å². The molecule has 1 aromatic carbocycles. The van der Waals surface area contributed by atoms with Gasteiger partial charge < -0.3 is 25.2 Å². The van der Waals surface area contributed by atoms with Gasteiger partial charge in [0.1, 0.15) is 11.6 Å². The number of pyridine rings is 1. The number of nitrogens with one attached hydrogen (secondary N) is 2. The van der Waals surface area contributed by atoms with E-state index in [1.165, 1.54) is 6.42 Å². The summed E-state index contributed by atoms with van der Waals surface area (Å²) in [5.74, 6) is 3.17. The summed E-state index contributed by atoms with van der Waals surface area (Å²) < 4.78 is 7.40. The molecule has 0 radical (unpaired) electrons. The molecule has 0 aliphatic carbocycles. The quantitative estimate of drug-likeness (QED) is 0.361. The van der Waals surface area contributed by atoms with E-state index in [2.05, 4.69) is 41.2 Å². The SMILES string of the molecule is CC(C)CCCCNC(=O)Nc1ccc(-c2nc3c(c(N4CCOCC4C)n2)CCN(c2cccc(=O)n2C)C3)cc1. The monoisotopic (exact) mass is 573 g/mol. The number of hydrogen-bond acceptors (Lipinski definition) is 7. The Labute approximate surface area is 248 Å². The number of urea groups is 1. The number of benzene rings is 1. The van der Waals surface area contributed by atoms with Crippen molar-refractivity contribution >= 4 is 23.4 Å². The average molecular weight is 574 g/mol. The molecule has 4 heterocycles. The summed E-state index contributed by atoms with van der Waals surface area (Å²) in [6.45, 7) is 10.7. The topological polar surface area (TPSA) is 105 Å². The van der Waals surface area contributed by atoms with Gasteiger partial charge in [-0.05, 0) is 56.0 Å². The zero-order valence-corrected chi connectivity index (χ0v) is 25.2. The number of carbonyl (C=O) groups is 1. The Morgan fingerprint density at radius 3 is 2.67 bits per heavy atom. The Kier molecular flexibility index (Phi) is 9.41. The van der Waals surface area contributed by atoms with Gasteiger partial charge >= 0.3 is 6.03 Å². The highest BCUT2D eigenvalue weighted by molar-refractivity contribution is 5.89. The van der Waals surface area contributed by atoms with E-state index >= 15 is 0 Å². The van der Waals surface area contributed by atoms with Gasteiger partial charge in [-0.15, -0.1) is 0 Å². The summed E-state index contributed by atoms with van der Waals surface area (Å²) in [6.07, 6.45) is 4.04. The Hall–Kier alpha value is -3.92. The maximum Gasteiger partial charge on any atom is 0.319 e. The van der Waals surface area contributed by atoms with E-state index in [4.69, 9.17) is 14.7 Å². The Morgan fingerprint density at radius 2 is 1.90 bits per heavy atom. The molecular weight excluding hydrogens is 530 g/mol.